The van der Waals surface area contributed by atoms with E-state index in [2.05, 4.69) is 0 Å². The lowest BCUT2D eigenvalue weighted by Crippen LogP contribution is -2.45. The smallest absolute Gasteiger partial charge is 0.289 e. The molecule has 0 saturated carbocycles. The molecule has 4 nitrogen and oxygen atoms in total. The summed E-state index contributed by atoms with van der Waals surface area (Å²) in [4.78, 5) is 13.8. The molecule has 4 heteroatoms. The highest BCUT2D eigenvalue weighted by Crippen LogP contribution is 2.27. The Kier molecular flexibility index (Phi) is 2.02. The number of amides is 1. The van der Waals surface area contributed by atoms with Crippen LogP contribution in [0.2, 0.25) is 0 Å². The van der Waals surface area contributed by atoms with Crippen LogP contribution < -0.4 is 0 Å². The number of carbonyl (C=O) groups is 1. The molecule has 15 heavy (non-hydrogen) atoms. The zero-order valence-electron chi connectivity index (χ0n) is 8.39. The number of hydrogen-bond donors (Lipinski definition) is 0. The topological polar surface area (TPSA) is 42.7 Å². The molecule has 1 aromatic rings. The molecule has 2 atom stereocenters. The van der Waals surface area contributed by atoms with E-state index in [4.69, 9.17) is 9.15 Å². The van der Waals surface area contributed by atoms with Gasteiger partial charge in [0.2, 0.25) is 0 Å². The molecule has 0 N–H and O–H groups in total. The number of hydrogen-bond acceptors (Lipinski definition) is 3. The molecule has 0 aliphatic carbocycles. The molecule has 80 valence electrons. The third-order valence-electron chi connectivity index (χ3n) is 3.06. The van der Waals surface area contributed by atoms with Crippen LogP contribution in [-0.2, 0) is 4.74 Å². The van der Waals surface area contributed by atoms with E-state index in [9.17, 15) is 4.79 Å². The lowest BCUT2D eigenvalue weighted by Gasteiger charge is -2.31. The van der Waals surface area contributed by atoms with Crippen LogP contribution in [0.3, 0.4) is 0 Å². The van der Waals surface area contributed by atoms with Crippen molar-refractivity contribution in [3.63, 3.8) is 0 Å². The monoisotopic (exact) mass is 207 g/mol. The minimum Gasteiger partial charge on any atom is -0.459 e. The lowest BCUT2D eigenvalue weighted by atomic mass is 10.2. The van der Waals surface area contributed by atoms with Gasteiger partial charge in [0, 0.05) is 13.1 Å². The van der Waals surface area contributed by atoms with E-state index in [1.165, 1.54) is 6.26 Å². The largest absolute Gasteiger partial charge is 0.459 e. The first kappa shape index (κ1) is 8.97. The average molecular weight is 207 g/mol. The van der Waals surface area contributed by atoms with E-state index in [0.717, 1.165) is 12.8 Å². The zero-order chi connectivity index (χ0) is 10.3. The highest BCUT2D eigenvalue weighted by atomic mass is 16.5. The van der Waals surface area contributed by atoms with Gasteiger partial charge in [-0.3, -0.25) is 4.79 Å². The molecule has 2 aliphatic rings. The van der Waals surface area contributed by atoms with Crippen LogP contribution >= 0.6 is 0 Å². The van der Waals surface area contributed by atoms with Crippen molar-refractivity contribution in [3.05, 3.63) is 24.2 Å². The van der Waals surface area contributed by atoms with Crippen molar-refractivity contribution in [1.82, 2.24) is 4.90 Å². The summed E-state index contributed by atoms with van der Waals surface area (Å²) in [5.41, 5.74) is 0. The number of carbonyl (C=O) groups excluding carboxylic acids is 1. The number of likely N-dealkylation sites (tertiary alicyclic amines) is 1. The van der Waals surface area contributed by atoms with E-state index < -0.39 is 0 Å². The van der Waals surface area contributed by atoms with Gasteiger partial charge in [-0.05, 0) is 25.0 Å². The molecule has 0 spiro atoms. The van der Waals surface area contributed by atoms with Gasteiger partial charge in [-0.2, -0.15) is 0 Å². The SMILES string of the molecule is O=C(c1ccco1)N1CC2CCC(C1)O2. The van der Waals surface area contributed by atoms with Gasteiger partial charge < -0.3 is 14.1 Å². The van der Waals surface area contributed by atoms with Gasteiger partial charge in [0.1, 0.15) is 0 Å². The summed E-state index contributed by atoms with van der Waals surface area (Å²) < 4.78 is 10.8. The minimum atomic E-state index is -0.0137. The molecule has 2 fully saturated rings. The van der Waals surface area contributed by atoms with E-state index in [1.54, 1.807) is 12.1 Å². The molecule has 2 bridgehead atoms. The van der Waals surface area contributed by atoms with Crippen molar-refractivity contribution in [2.45, 2.75) is 25.0 Å². The Bertz CT molecular complexity index is 348. The maximum absolute atomic E-state index is 12.0. The Balaban J connectivity index is 1.75. The van der Waals surface area contributed by atoms with Crippen LogP contribution in [-0.4, -0.2) is 36.1 Å². The van der Waals surface area contributed by atoms with Gasteiger partial charge >= 0.3 is 0 Å². The van der Waals surface area contributed by atoms with Gasteiger partial charge in [-0.1, -0.05) is 0 Å². The Hall–Kier alpha value is -1.29. The summed E-state index contributed by atoms with van der Waals surface area (Å²) >= 11 is 0. The number of furan rings is 1. The molecule has 1 amide bonds. The van der Waals surface area contributed by atoms with Gasteiger partial charge in [0.15, 0.2) is 5.76 Å². The van der Waals surface area contributed by atoms with Crippen molar-refractivity contribution in [1.29, 1.82) is 0 Å². The van der Waals surface area contributed by atoms with E-state index >= 15 is 0 Å². The van der Waals surface area contributed by atoms with E-state index in [0.29, 0.717) is 18.8 Å². The van der Waals surface area contributed by atoms with Crippen molar-refractivity contribution in [2.75, 3.05) is 13.1 Å². The number of morpholine rings is 1. The molecule has 3 rings (SSSR count). The van der Waals surface area contributed by atoms with Gasteiger partial charge in [0.25, 0.3) is 5.91 Å². The van der Waals surface area contributed by atoms with Crippen LogP contribution in [0.15, 0.2) is 22.8 Å². The Morgan fingerprint density at radius 1 is 1.33 bits per heavy atom. The number of fused-ring (bicyclic) bond motifs is 2. The quantitative estimate of drug-likeness (QED) is 0.696. The first-order valence-corrected chi connectivity index (χ1v) is 5.31. The molecule has 0 radical (unpaired) electrons. The molecule has 2 unspecified atom stereocenters. The molecule has 0 aromatic carbocycles. The first-order chi connectivity index (χ1) is 7.33. The van der Waals surface area contributed by atoms with Gasteiger partial charge in [0.05, 0.1) is 18.5 Å². The summed E-state index contributed by atoms with van der Waals surface area (Å²) in [5.74, 6) is 0.413. The Morgan fingerprint density at radius 2 is 2.07 bits per heavy atom. The molecule has 2 aliphatic heterocycles. The second-order valence-corrected chi connectivity index (χ2v) is 4.14. The molecular formula is C11H13NO3. The van der Waals surface area contributed by atoms with Crippen molar-refractivity contribution in [3.8, 4) is 0 Å². The third kappa shape index (κ3) is 1.55. The maximum Gasteiger partial charge on any atom is 0.289 e. The maximum atomic E-state index is 12.0. The fraction of sp³-hybridized carbons (Fsp3) is 0.545. The standard InChI is InChI=1S/C11H13NO3/c13-11(10-2-1-5-14-10)12-6-8-3-4-9(7-12)15-8/h1-2,5,8-9H,3-4,6-7H2. The molecule has 1 aromatic heterocycles. The Labute approximate surface area is 87.8 Å². The lowest BCUT2D eigenvalue weighted by molar-refractivity contribution is -0.0312. The summed E-state index contributed by atoms with van der Waals surface area (Å²) in [6.45, 7) is 1.41. The van der Waals surface area contributed by atoms with Crippen LogP contribution in [0, 0.1) is 0 Å². The van der Waals surface area contributed by atoms with Crippen LogP contribution in [0.1, 0.15) is 23.4 Å². The summed E-state index contributed by atoms with van der Waals surface area (Å²) in [7, 11) is 0. The highest BCUT2D eigenvalue weighted by Gasteiger charge is 2.36. The summed E-state index contributed by atoms with van der Waals surface area (Å²) in [6.07, 6.45) is 4.16. The fourth-order valence-corrected chi connectivity index (χ4v) is 2.34. The molecular weight excluding hydrogens is 194 g/mol. The number of rotatable bonds is 1. The Morgan fingerprint density at radius 3 is 2.67 bits per heavy atom. The van der Waals surface area contributed by atoms with E-state index in [1.807, 2.05) is 4.90 Å². The van der Waals surface area contributed by atoms with E-state index in [-0.39, 0.29) is 18.1 Å². The van der Waals surface area contributed by atoms with Crippen molar-refractivity contribution in [2.24, 2.45) is 0 Å². The van der Waals surface area contributed by atoms with Crippen LogP contribution in [0.5, 0.6) is 0 Å². The zero-order valence-corrected chi connectivity index (χ0v) is 8.39. The second-order valence-electron chi connectivity index (χ2n) is 4.14. The first-order valence-electron chi connectivity index (χ1n) is 5.31. The number of nitrogens with zero attached hydrogens (tertiary/aromatic N) is 1. The summed E-state index contributed by atoms with van der Waals surface area (Å²) in [5, 5.41) is 0. The van der Waals surface area contributed by atoms with Crippen LogP contribution in [0.4, 0.5) is 0 Å². The van der Waals surface area contributed by atoms with Gasteiger partial charge in [-0.25, -0.2) is 0 Å². The summed E-state index contributed by atoms with van der Waals surface area (Å²) in [6, 6.07) is 3.45. The minimum absolute atomic E-state index is 0.0137. The molecule has 3 heterocycles. The predicted molar refractivity (Wildman–Crippen MR) is 52.5 cm³/mol. The second kappa shape index (κ2) is 3.38. The van der Waals surface area contributed by atoms with Crippen LogP contribution in [0.25, 0.3) is 0 Å². The van der Waals surface area contributed by atoms with Crippen molar-refractivity contribution >= 4 is 5.91 Å². The van der Waals surface area contributed by atoms with Crippen molar-refractivity contribution < 1.29 is 13.9 Å². The molecule has 2 saturated heterocycles. The third-order valence-corrected chi connectivity index (χ3v) is 3.06. The number of ether oxygens (including phenoxy) is 1. The van der Waals surface area contributed by atoms with Gasteiger partial charge in [-0.15, -0.1) is 0 Å². The predicted octanol–water partition coefficient (Wildman–Crippen LogP) is 1.28. The average Bonchev–Trinajstić information content (AvgIpc) is 2.87. The highest BCUT2D eigenvalue weighted by molar-refractivity contribution is 5.91. The normalized spacial score (nSPS) is 29.5. The fourth-order valence-electron chi connectivity index (χ4n) is 2.34.